The van der Waals surface area contributed by atoms with E-state index < -0.39 is 0 Å². The largest absolute Gasteiger partial charge is 0.232 e. The Morgan fingerprint density at radius 1 is 0.720 bits per heavy atom. The molecule has 0 saturated heterocycles. The second-order valence-corrected chi connectivity index (χ2v) is 6.50. The molecule has 4 rings (SSSR count). The van der Waals surface area contributed by atoms with Crippen molar-refractivity contribution in [2.45, 2.75) is 0 Å². The Kier molecular flexibility index (Phi) is 4.28. The highest BCUT2D eigenvalue weighted by Gasteiger charge is 2.14. The van der Waals surface area contributed by atoms with Crippen LogP contribution < -0.4 is 5.30 Å². The number of rotatable bonds is 4. The van der Waals surface area contributed by atoms with Crippen molar-refractivity contribution in [2.24, 2.45) is 0 Å². The van der Waals surface area contributed by atoms with Gasteiger partial charge in [0.15, 0.2) is 0 Å². The molecule has 1 aromatic heterocycles. The average molecular weight is 340 g/mol. The number of para-hydroxylation sites is 1. The van der Waals surface area contributed by atoms with Crippen molar-refractivity contribution in [1.29, 1.82) is 0 Å². The standard InChI is InChI=1S/C22H17N2P/c1-25-22-15-9-8-14-20(22)24-21(18-12-6-3-7-13-18)16-19(23-24)17-10-4-2-5-11-17/h2-16H,1H2. The van der Waals surface area contributed by atoms with E-state index >= 15 is 0 Å². The Hall–Kier alpha value is -2.96. The van der Waals surface area contributed by atoms with Crippen LogP contribution in [0.1, 0.15) is 0 Å². The van der Waals surface area contributed by atoms with Gasteiger partial charge in [-0.25, -0.2) is 4.68 Å². The van der Waals surface area contributed by atoms with E-state index in [9.17, 15) is 0 Å². The second-order valence-electron chi connectivity index (χ2n) is 5.71. The summed E-state index contributed by atoms with van der Waals surface area (Å²) >= 11 is 0. The number of nitrogens with zero attached hydrogens (tertiary/aromatic N) is 2. The summed E-state index contributed by atoms with van der Waals surface area (Å²) in [6.45, 7) is 0. The van der Waals surface area contributed by atoms with Gasteiger partial charge in [0.2, 0.25) is 0 Å². The lowest BCUT2D eigenvalue weighted by Gasteiger charge is -2.10. The minimum Gasteiger partial charge on any atom is -0.232 e. The molecule has 0 spiro atoms. The highest BCUT2D eigenvalue weighted by molar-refractivity contribution is 7.45. The molecule has 25 heavy (non-hydrogen) atoms. The molecule has 3 aromatic carbocycles. The fourth-order valence-electron chi connectivity index (χ4n) is 2.91. The second kappa shape index (κ2) is 6.88. The number of hydrogen-bond donors (Lipinski definition) is 0. The van der Waals surface area contributed by atoms with Gasteiger partial charge in [0.25, 0.3) is 0 Å². The molecule has 0 N–H and O–H groups in total. The maximum absolute atomic E-state index is 4.92. The molecule has 120 valence electrons. The van der Waals surface area contributed by atoms with E-state index in [-0.39, 0.29) is 0 Å². The third-order valence-corrected chi connectivity index (χ3v) is 4.85. The number of hydrogen-bond acceptors (Lipinski definition) is 1. The number of benzene rings is 3. The molecular formula is C22H17N2P. The minimum atomic E-state index is 0.968. The van der Waals surface area contributed by atoms with Crippen LogP contribution >= 0.6 is 8.20 Å². The zero-order valence-corrected chi connectivity index (χ0v) is 14.6. The molecule has 4 aromatic rings. The van der Waals surface area contributed by atoms with Gasteiger partial charge in [-0.2, -0.15) is 5.10 Å². The third kappa shape index (κ3) is 3.05. The molecular weight excluding hydrogens is 323 g/mol. The summed E-state index contributed by atoms with van der Waals surface area (Å²) in [5, 5.41) is 6.08. The SMILES string of the molecule is C=Pc1ccccc1-n1nc(-c2ccccc2)cc1-c1ccccc1. The van der Waals surface area contributed by atoms with Crippen LogP contribution in [0.15, 0.2) is 91.0 Å². The first kappa shape index (κ1) is 15.6. The van der Waals surface area contributed by atoms with Crippen LogP contribution in [-0.2, 0) is 0 Å². The van der Waals surface area contributed by atoms with Gasteiger partial charge in [0.1, 0.15) is 0 Å². The smallest absolute Gasteiger partial charge is 0.0934 e. The summed E-state index contributed by atoms with van der Waals surface area (Å²) in [7, 11) is 0.981. The van der Waals surface area contributed by atoms with Crippen LogP contribution in [0.5, 0.6) is 0 Å². The first-order valence-electron chi connectivity index (χ1n) is 8.14. The van der Waals surface area contributed by atoms with Crippen molar-refractivity contribution in [3.05, 3.63) is 91.0 Å². The van der Waals surface area contributed by atoms with Gasteiger partial charge in [-0.1, -0.05) is 87.3 Å². The van der Waals surface area contributed by atoms with E-state index in [0.29, 0.717) is 0 Å². The highest BCUT2D eigenvalue weighted by atomic mass is 31.1. The molecule has 0 unspecified atom stereocenters. The van der Waals surface area contributed by atoms with Gasteiger partial charge in [-0.05, 0) is 18.2 Å². The van der Waals surface area contributed by atoms with Crippen LogP contribution in [0.4, 0.5) is 0 Å². The molecule has 0 aliphatic rings. The maximum atomic E-state index is 4.92. The van der Waals surface area contributed by atoms with Gasteiger partial charge >= 0.3 is 0 Å². The lowest BCUT2D eigenvalue weighted by atomic mass is 10.1. The number of aromatic nitrogens is 2. The van der Waals surface area contributed by atoms with E-state index in [2.05, 4.69) is 60.9 Å². The Bertz CT molecular complexity index is 1000. The van der Waals surface area contributed by atoms with Crippen LogP contribution in [0, 0.1) is 0 Å². The van der Waals surface area contributed by atoms with E-state index in [4.69, 9.17) is 5.10 Å². The predicted octanol–water partition coefficient (Wildman–Crippen LogP) is 5.21. The quantitative estimate of drug-likeness (QED) is 0.466. The zero-order chi connectivity index (χ0) is 17.1. The Morgan fingerprint density at radius 3 is 2.00 bits per heavy atom. The van der Waals surface area contributed by atoms with E-state index in [1.54, 1.807) is 0 Å². The summed E-state index contributed by atoms with van der Waals surface area (Å²) in [6.07, 6.45) is 4.04. The first-order chi connectivity index (χ1) is 12.4. The monoisotopic (exact) mass is 340 g/mol. The van der Waals surface area contributed by atoms with Gasteiger partial charge in [-0.15, -0.1) is 0 Å². The minimum absolute atomic E-state index is 0.968. The molecule has 0 atom stereocenters. The molecule has 2 nitrogen and oxygen atoms in total. The lowest BCUT2D eigenvalue weighted by Crippen LogP contribution is -2.08. The summed E-state index contributed by atoms with van der Waals surface area (Å²) in [4.78, 5) is 0. The third-order valence-electron chi connectivity index (χ3n) is 4.13. The predicted molar refractivity (Wildman–Crippen MR) is 108 cm³/mol. The molecule has 0 saturated carbocycles. The van der Waals surface area contributed by atoms with Crippen molar-refractivity contribution in [3.63, 3.8) is 0 Å². The lowest BCUT2D eigenvalue weighted by molar-refractivity contribution is 0.897. The van der Waals surface area contributed by atoms with E-state index in [1.807, 2.05) is 41.1 Å². The van der Waals surface area contributed by atoms with Gasteiger partial charge in [0.05, 0.1) is 17.1 Å². The summed E-state index contributed by atoms with van der Waals surface area (Å²) in [5.74, 6) is 0. The maximum Gasteiger partial charge on any atom is 0.0934 e. The normalized spacial score (nSPS) is 10.9. The molecule has 0 amide bonds. The van der Waals surface area contributed by atoms with Crippen molar-refractivity contribution in [2.75, 3.05) is 0 Å². The molecule has 0 radical (unpaired) electrons. The van der Waals surface area contributed by atoms with Crippen LogP contribution in [0.2, 0.25) is 0 Å². The summed E-state index contributed by atoms with van der Waals surface area (Å²) < 4.78 is 2.03. The topological polar surface area (TPSA) is 17.8 Å². The van der Waals surface area contributed by atoms with Crippen molar-refractivity contribution in [1.82, 2.24) is 9.78 Å². The summed E-state index contributed by atoms with van der Waals surface area (Å²) in [6, 6.07) is 31.1. The first-order valence-corrected chi connectivity index (χ1v) is 9.22. The molecule has 0 fully saturated rings. The van der Waals surface area contributed by atoms with E-state index in [1.165, 1.54) is 0 Å². The highest BCUT2D eigenvalue weighted by Crippen LogP contribution is 2.28. The zero-order valence-electron chi connectivity index (χ0n) is 13.7. The molecule has 0 aliphatic carbocycles. The fraction of sp³-hybridized carbons (Fsp3) is 0. The molecule has 0 bridgehead atoms. The molecule has 1 heterocycles. The van der Waals surface area contributed by atoms with Crippen LogP contribution in [0.3, 0.4) is 0 Å². The average Bonchev–Trinajstić information content (AvgIpc) is 3.14. The van der Waals surface area contributed by atoms with Crippen LogP contribution in [-0.4, -0.2) is 16.1 Å². The van der Waals surface area contributed by atoms with Crippen LogP contribution in [0.25, 0.3) is 28.2 Å². The van der Waals surface area contributed by atoms with Gasteiger partial charge < -0.3 is 0 Å². The van der Waals surface area contributed by atoms with Gasteiger partial charge in [0, 0.05) is 16.4 Å². The Morgan fingerprint density at radius 2 is 1.32 bits per heavy atom. The molecule has 0 aliphatic heterocycles. The van der Waals surface area contributed by atoms with E-state index in [0.717, 1.165) is 41.7 Å². The Labute approximate surface area is 149 Å². The van der Waals surface area contributed by atoms with Gasteiger partial charge in [-0.3, -0.25) is 0 Å². The molecule has 3 heteroatoms. The Balaban J connectivity index is 1.96. The van der Waals surface area contributed by atoms with Crippen molar-refractivity contribution < 1.29 is 0 Å². The van der Waals surface area contributed by atoms with Crippen molar-refractivity contribution >= 4 is 19.8 Å². The summed E-state index contributed by atoms with van der Waals surface area (Å²) in [5.41, 5.74) is 5.38. The van der Waals surface area contributed by atoms with Crippen molar-refractivity contribution in [3.8, 4) is 28.2 Å². The fourth-order valence-corrected chi connectivity index (χ4v) is 3.43.